The van der Waals surface area contributed by atoms with Crippen LogP contribution < -0.4 is 4.90 Å². The first-order valence-electron chi connectivity index (χ1n) is 10.5. The van der Waals surface area contributed by atoms with Gasteiger partial charge in [-0.2, -0.15) is 0 Å². The first-order valence-corrected chi connectivity index (χ1v) is 14.8. The van der Waals surface area contributed by atoms with E-state index in [2.05, 4.69) is 15.9 Å². The molecular formula is C22H27AsClFN3O2. The zero-order valence-corrected chi connectivity index (χ0v) is 19.8. The molecule has 0 saturated carbocycles. The summed E-state index contributed by atoms with van der Waals surface area (Å²) >= 11 is -2.47. The van der Waals surface area contributed by atoms with Gasteiger partial charge in [0.15, 0.2) is 0 Å². The number of anilines is 1. The molecule has 161 valence electrons. The first kappa shape index (κ1) is 21.6. The number of carbonyl (C=O) groups excluding carboxylic acids is 1. The molecule has 4 rings (SSSR count). The number of piperazine rings is 1. The monoisotopic (exact) mass is 494 g/mol. The molecule has 0 spiro atoms. The van der Waals surface area contributed by atoms with E-state index in [1.165, 1.54) is 6.07 Å². The Hall–Kier alpha value is -1.65. The molecule has 8 heteroatoms. The van der Waals surface area contributed by atoms with Gasteiger partial charge in [-0.1, -0.05) is 0 Å². The van der Waals surface area contributed by atoms with Crippen LogP contribution in [0.4, 0.5) is 10.1 Å². The number of fused-ring (bicyclic) bond motifs is 1. The van der Waals surface area contributed by atoms with E-state index < -0.39 is 13.6 Å². The molecule has 1 aromatic rings. The Balaban J connectivity index is 1.36. The molecule has 3 aliphatic rings. The number of hydrogen-bond acceptors (Lipinski definition) is 4. The van der Waals surface area contributed by atoms with Crippen molar-refractivity contribution in [3.05, 3.63) is 53.5 Å². The van der Waals surface area contributed by atoms with Gasteiger partial charge in [-0.05, 0) is 36.6 Å². The molecule has 1 radical (unpaired) electrons. The molecule has 1 saturated heterocycles. The average molecular weight is 495 g/mol. The molecule has 0 bridgehead atoms. The van der Waals surface area contributed by atoms with E-state index in [1.807, 2.05) is 24.0 Å². The van der Waals surface area contributed by atoms with Gasteiger partial charge in [0.25, 0.3) is 0 Å². The predicted octanol–water partition coefficient (Wildman–Crippen LogP) is 3.48. The maximum atomic E-state index is 13.6. The minimum atomic E-state index is -2.47. The van der Waals surface area contributed by atoms with E-state index in [0.29, 0.717) is 13.1 Å². The van der Waals surface area contributed by atoms with Crippen molar-refractivity contribution in [2.75, 3.05) is 37.6 Å². The van der Waals surface area contributed by atoms with E-state index in [4.69, 9.17) is 9.95 Å². The third-order valence-electron chi connectivity index (χ3n) is 6.30. The molecule has 3 atom stereocenters. The van der Waals surface area contributed by atoms with Crippen molar-refractivity contribution < 1.29 is 12.9 Å². The fraction of sp³-hybridized carbons (Fsp3) is 0.500. The van der Waals surface area contributed by atoms with Crippen LogP contribution in [-0.4, -0.2) is 68.1 Å². The third-order valence-corrected chi connectivity index (χ3v) is 9.50. The summed E-state index contributed by atoms with van der Waals surface area (Å²) in [6.07, 6.45) is 8.59. The summed E-state index contributed by atoms with van der Waals surface area (Å²) in [4.78, 5) is 19.5. The third kappa shape index (κ3) is 4.50. The molecule has 1 amide bonds. The SMILES string of the molecule is C[C@H](C(=O)N1CCN(C2=CCC([As](=O)Cl)C=C2)CC1)N1CCCc2cc(F)ccc21. The normalized spacial score (nSPS) is 23.0. The number of benzene rings is 1. The number of allylic oxidation sites excluding steroid dienone is 3. The maximum absolute atomic E-state index is 13.6. The van der Waals surface area contributed by atoms with Gasteiger partial charge in [-0.15, -0.1) is 0 Å². The van der Waals surface area contributed by atoms with Gasteiger partial charge in [0.2, 0.25) is 0 Å². The molecule has 5 nitrogen and oxygen atoms in total. The molecular weight excluding hydrogens is 468 g/mol. The number of halogens is 2. The Morgan fingerprint density at radius 1 is 1.23 bits per heavy atom. The van der Waals surface area contributed by atoms with Crippen LogP contribution in [-0.2, 0) is 15.0 Å². The molecule has 1 aromatic carbocycles. The number of aryl methyl sites for hydroxylation is 1. The smallest absolute Gasteiger partial charge is 0.207 e. The second-order valence-electron chi connectivity index (χ2n) is 8.12. The Bertz CT molecular complexity index is 898. The van der Waals surface area contributed by atoms with Crippen LogP contribution in [0.25, 0.3) is 0 Å². The molecule has 2 heterocycles. The first-order chi connectivity index (χ1) is 14.4. The van der Waals surface area contributed by atoms with Crippen molar-refractivity contribution in [2.24, 2.45) is 0 Å². The fourth-order valence-electron chi connectivity index (χ4n) is 4.56. The zero-order chi connectivity index (χ0) is 21.3. The summed E-state index contributed by atoms with van der Waals surface area (Å²) in [5.41, 5.74) is 3.10. The zero-order valence-electron chi connectivity index (χ0n) is 17.1. The van der Waals surface area contributed by atoms with Gasteiger partial charge in [-0.25, -0.2) is 4.39 Å². The van der Waals surface area contributed by atoms with Crippen molar-refractivity contribution in [2.45, 2.75) is 36.9 Å². The molecule has 0 N–H and O–H groups in total. The number of hydrogen-bond donors (Lipinski definition) is 0. The van der Waals surface area contributed by atoms with Crippen molar-refractivity contribution in [3.63, 3.8) is 0 Å². The second-order valence-corrected chi connectivity index (χ2v) is 12.4. The Morgan fingerprint density at radius 3 is 2.67 bits per heavy atom. The summed E-state index contributed by atoms with van der Waals surface area (Å²) < 4.78 is 25.1. The van der Waals surface area contributed by atoms with Crippen molar-refractivity contribution in [1.29, 1.82) is 0 Å². The van der Waals surface area contributed by atoms with Gasteiger partial charge >= 0.3 is 139 Å². The minimum absolute atomic E-state index is 0.00692. The van der Waals surface area contributed by atoms with Gasteiger partial charge in [-0.3, -0.25) is 0 Å². The van der Waals surface area contributed by atoms with E-state index in [1.54, 1.807) is 12.1 Å². The van der Waals surface area contributed by atoms with Crippen LogP contribution in [0.5, 0.6) is 0 Å². The quantitative estimate of drug-likeness (QED) is 0.601. The van der Waals surface area contributed by atoms with Crippen LogP contribution in [0.15, 0.2) is 42.1 Å². The van der Waals surface area contributed by atoms with Crippen LogP contribution in [0, 0.1) is 5.82 Å². The Kier molecular flexibility index (Phi) is 6.64. The van der Waals surface area contributed by atoms with Crippen LogP contribution in [0.1, 0.15) is 25.3 Å². The molecule has 2 unspecified atom stereocenters. The van der Waals surface area contributed by atoms with Crippen molar-refractivity contribution in [3.8, 4) is 0 Å². The molecule has 1 aliphatic carbocycles. The van der Waals surface area contributed by atoms with Gasteiger partial charge in [0, 0.05) is 0 Å². The Labute approximate surface area is 185 Å². The van der Waals surface area contributed by atoms with Gasteiger partial charge in [0.1, 0.15) is 5.82 Å². The van der Waals surface area contributed by atoms with Crippen LogP contribution in [0.2, 0.25) is 4.71 Å². The van der Waals surface area contributed by atoms with E-state index in [9.17, 15) is 12.9 Å². The summed E-state index contributed by atoms with van der Waals surface area (Å²) in [6.45, 7) is 5.68. The minimum Gasteiger partial charge on any atom is -0.207 e. The van der Waals surface area contributed by atoms with Gasteiger partial charge < -0.3 is 0 Å². The van der Waals surface area contributed by atoms with E-state index in [0.717, 1.165) is 55.8 Å². The standard InChI is InChI=1S/C22H27AsClFN3O2/c1-16(28-10-2-3-17-15-19(25)6-9-21(17)28)22(29)27-13-11-26(12-14-27)20-7-4-18(5-8-20)23(24)30/h4,6-9,15-16,18H,2-3,5,10-14H2,1H3/t16-,18?/m1/s1. The molecule has 1 fully saturated rings. The van der Waals surface area contributed by atoms with Crippen LogP contribution >= 0.6 is 9.95 Å². The summed E-state index contributed by atoms with van der Waals surface area (Å²) in [5, 5.41) is 0. The second kappa shape index (κ2) is 9.23. The van der Waals surface area contributed by atoms with E-state index in [-0.39, 0.29) is 22.5 Å². The average Bonchev–Trinajstić information content (AvgIpc) is 2.77. The summed E-state index contributed by atoms with van der Waals surface area (Å²) in [6, 6.07) is 4.61. The van der Waals surface area contributed by atoms with Gasteiger partial charge in [0.05, 0.1) is 0 Å². The fourth-order valence-corrected chi connectivity index (χ4v) is 6.35. The summed E-state index contributed by atoms with van der Waals surface area (Å²) in [5.74, 6) is -0.0925. The van der Waals surface area contributed by atoms with Crippen LogP contribution in [0.3, 0.4) is 0 Å². The number of carbonyl (C=O) groups is 1. The number of amides is 1. The topological polar surface area (TPSA) is 43.9 Å². The molecule has 2 aliphatic heterocycles. The molecule has 30 heavy (non-hydrogen) atoms. The van der Waals surface area contributed by atoms with Crippen molar-refractivity contribution >= 4 is 35.2 Å². The predicted molar refractivity (Wildman–Crippen MR) is 118 cm³/mol. The summed E-state index contributed by atoms with van der Waals surface area (Å²) in [7, 11) is 5.81. The number of nitrogens with zero attached hydrogens (tertiary/aromatic N) is 3. The molecule has 0 aromatic heterocycles. The van der Waals surface area contributed by atoms with E-state index >= 15 is 0 Å². The van der Waals surface area contributed by atoms with Crippen molar-refractivity contribution in [1.82, 2.24) is 9.80 Å². The number of rotatable bonds is 4. The Morgan fingerprint density at radius 2 is 2.00 bits per heavy atom.